The molecule has 0 saturated heterocycles. The average Bonchev–Trinajstić information content (AvgIpc) is 2.51. The van der Waals surface area contributed by atoms with E-state index < -0.39 is 0 Å². The summed E-state index contributed by atoms with van der Waals surface area (Å²) in [4.78, 5) is 0. The third-order valence-electron chi connectivity index (χ3n) is 3.97. The molecule has 0 aliphatic heterocycles. The lowest BCUT2D eigenvalue weighted by Gasteiger charge is -2.22. The van der Waals surface area contributed by atoms with E-state index in [0.29, 0.717) is 5.92 Å². The van der Waals surface area contributed by atoms with Crippen LogP contribution in [0.4, 0.5) is 0 Å². The molecule has 0 fully saturated rings. The van der Waals surface area contributed by atoms with Crippen molar-refractivity contribution in [3.05, 3.63) is 97.7 Å². The van der Waals surface area contributed by atoms with Crippen molar-refractivity contribution < 1.29 is 0 Å². The van der Waals surface area contributed by atoms with Gasteiger partial charge < -0.3 is 0 Å². The van der Waals surface area contributed by atoms with Gasteiger partial charge in [0.05, 0.1) is 0 Å². The average molecular weight is 292 g/mol. The zero-order chi connectivity index (χ0) is 16.4. The van der Waals surface area contributed by atoms with E-state index in [0.717, 1.165) is 32.1 Å². The lowest BCUT2D eigenvalue weighted by atomic mass is 9.82. The van der Waals surface area contributed by atoms with Gasteiger partial charge in [0, 0.05) is 0 Å². The van der Waals surface area contributed by atoms with Crippen LogP contribution in [0.25, 0.3) is 0 Å². The van der Waals surface area contributed by atoms with Crippen LogP contribution < -0.4 is 0 Å². The first-order valence-corrected chi connectivity index (χ1v) is 7.91. The molecule has 0 aliphatic carbocycles. The van der Waals surface area contributed by atoms with Crippen LogP contribution in [-0.4, -0.2) is 0 Å². The molecule has 1 aromatic carbocycles. The Morgan fingerprint density at radius 2 is 1.23 bits per heavy atom. The third-order valence-corrected chi connectivity index (χ3v) is 3.97. The Hall–Kier alpha value is -2.08. The highest BCUT2D eigenvalue weighted by atomic mass is 14.2. The predicted molar refractivity (Wildman–Crippen MR) is 101 cm³/mol. The Morgan fingerprint density at radius 1 is 0.682 bits per heavy atom. The molecule has 0 aromatic heterocycles. The fourth-order valence-electron chi connectivity index (χ4n) is 3.03. The molecule has 0 bridgehead atoms. The van der Waals surface area contributed by atoms with Crippen LogP contribution in [-0.2, 0) is 19.3 Å². The Bertz CT molecular complexity index is 535. The monoisotopic (exact) mass is 292 g/mol. The Balaban J connectivity index is 3.47. The van der Waals surface area contributed by atoms with Crippen molar-refractivity contribution >= 4 is 0 Å². The molecule has 116 valence electrons. The van der Waals surface area contributed by atoms with E-state index >= 15 is 0 Å². The molecule has 0 heterocycles. The predicted octanol–water partition coefficient (Wildman–Crippen LogP) is 6.11. The maximum Gasteiger partial charge on any atom is -0.00901 e. The molecule has 0 atom stereocenters. The maximum atomic E-state index is 3.94. The van der Waals surface area contributed by atoms with E-state index in [-0.39, 0.29) is 0 Å². The second-order valence-corrected chi connectivity index (χ2v) is 5.50. The number of rotatable bonds is 11. The minimum Gasteiger partial charge on any atom is -0.103 e. The summed E-state index contributed by atoms with van der Waals surface area (Å²) in [5.41, 5.74) is 5.50. The van der Waals surface area contributed by atoms with Crippen molar-refractivity contribution in [2.45, 2.75) is 38.0 Å². The van der Waals surface area contributed by atoms with Crippen molar-refractivity contribution in [2.75, 3.05) is 0 Å². The number of benzene rings is 1. The van der Waals surface area contributed by atoms with Gasteiger partial charge in [0.1, 0.15) is 0 Å². The maximum absolute atomic E-state index is 3.94. The molecule has 0 unspecified atom stereocenters. The standard InChI is InChI=1S/C22H28/c1-6-11-18(12-7-2)21-17-16-19(13-8-3)20(14-9-4)22(21)15-10-5/h6-10,16-18H,1-5,11-15H2. The first-order valence-electron chi connectivity index (χ1n) is 7.91. The van der Waals surface area contributed by atoms with Gasteiger partial charge in [-0.2, -0.15) is 0 Å². The lowest BCUT2D eigenvalue weighted by Crippen LogP contribution is -2.07. The summed E-state index contributed by atoms with van der Waals surface area (Å²) < 4.78 is 0. The molecular formula is C22H28. The number of allylic oxidation sites excluding steroid dienone is 5. The van der Waals surface area contributed by atoms with E-state index in [1.165, 1.54) is 22.3 Å². The van der Waals surface area contributed by atoms with Crippen LogP contribution in [0.3, 0.4) is 0 Å². The Labute approximate surface area is 136 Å². The van der Waals surface area contributed by atoms with Gasteiger partial charge in [0.15, 0.2) is 0 Å². The van der Waals surface area contributed by atoms with E-state index in [4.69, 9.17) is 0 Å². The Kier molecular flexibility index (Phi) is 7.99. The molecule has 0 N–H and O–H groups in total. The SMILES string of the molecule is C=CCc1ccc(C(CC=C)CC=C)c(CC=C)c1CC=C. The van der Waals surface area contributed by atoms with Gasteiger partial charge in [-0.1, -0.05) is 42.5 Å². The van der Waals surface area contributed by atoms with Gasteiger partial charge in [-0.3, -0.25) is 0 Å². The van der Waals surface area contributed by atoms with Crippen molar-refractivity contribution in [1.82, 2.24) is 0 Å². The zero-order valence-electron chi connectivity index (χ0n) is 13.7. The molecule has 0 heteroatoms. The largest absolute Gasteiger partial charge is 0.103 e. The molecule has 0 radical (unpaired) electrons. The van der Waals surface area contributed by atoms with E-state index in [2.05, 4.69) is 45.0 Å². The normalized spacial score (nSPS) is 10.2. The highest BCUT2D eigenvalue weighted by molar-refractivity contribution is 5.46. The smallest absolute Gasteiger partial charge is 0.00901 e. The molecule has 1 rings (SSSR count). The number of hydrogen-bond acceptors (Lipinski definition) is 0. The second-order valence-electron chi connectivity index (χ2n) is 5.50. The van der Waals surface area contributed by atoms with E-state index in [1.54, 1.807) is 0 Å². The third kappa shape index (κ3) is 4.46. The first kappa shape index (κ1) is 18.0. The van der Waals surface area contributed by atoms with Crippen LogP contribution in [0, 0.1) is 0 Å². The zero-order valence-corrected chi connectivity index (χ0v) is 13.7. The quantitative estimate of drug-likeness (QED) is 0.432. The molecule has 0 aliphatic rings. The minimum absolute atomic E-state index is 0.436. The molecule has 0 saturated carbocycles. The summed E-state index contributed by atoms with van der Waals surface area (Å²) in [5, 5.41) is 0. The summed E-state index contributed by atoms with van der Waals surface area (Å²) in [6.45, 7) is 19.5. The minimum atomic E-state index is 0.436. The summed E-state index contributed by atoms with van der Waals surface area (Å²) in [7, 11) is 0. The second kappa shape index (κ2) is 9.78. The van der Waals surface area contributed by atoms with Crippen LogP contribution >= 0.6 is 0 Å². The van der Waals surface area contributed by atoms with Gasteiger partial charge in [0.2, 0.25) is 0 Å². The van der Waals surface area contributed by atoms with Crippen molar-refractivity contribution in [1.29, 1.82) is 0 Å². The molecular weight excluding hydrogens is 264 g/mol. The van der Waals surface area contributed by atoms with Gasteiger partial charge in [-0.25, -0.2) is 0 Å². The van der Waals surface area contributed by atoms with Crippen molar-refractivity contribution in [3.8, 4) is 0 Å². The van der Waals surface area contributed by atoms with Gasteiger partial charge in [-0.05, 0) is 60.3 Å². The van der Waals surface area contributed by atoms with Crippen molar-refractivity contribution in [2.24, 2.45) is 0 Å². The van der Waals surface area contributed by atoms with Crippen LogP contribution in [0.15, 0.2) is 75.4 Å². The summed E-state index contributed by atoms with van der Waals surface area (Å²) in [5.74, 6) is 0.436. The topological polar surface area (TPSA) is 0 Å². The summed E-state index contributed by atoms with van der Waals surface area (Å²) >= 11 is 0. The van der Waals surface area contributed by atoms with Gasteiger partial charge in [0.25, 0.3) is 0 Å². The van der Waals surface area contributed by atoms with Crippen LogP contribution in [0.5, 0.6) is 0 Å². The van der Waals surface area contributed by atoms with Gasteiger partial charge >= 0.3 is 0 Å². The molecule has 22 heavy (non-hydrogen) atoms. The molecule has 0 amide bonds. The van der Waals surface area contributed by atoms with E-state index in [9.17, 15) is 0 Å². The highest BCUT2D eigenvalue weighted by Crippen LogP contribution is 2.32. The lowest BCUT2D eigenvalue weighted by molar-refractivity contribution is 0.703. The summed E-state index contributed by atoms with van der Waals surface area (Å²) in [6.07, 6.45) is 14.5. The first-order chi connectivity index (χ1) is 10.7. The number of hydrogen-bond donors (Lipinski definition) is 0. The van der Waals surface area contributed by atoms with Gasteiger partial charge in [-0.15, -0.1) is 32.9 Å². The van der Waals surface area contributed by atoms with Crippen LogP contribution in [0.1, 0.15) is 41.0 Å². The van der Waals surface area contributed by atoms with Crippen molar-refractivity contribution in [3.63, 3.8) is 0 Å². The Morgan fingerprint density at radius 3 is 1.73 bits per heavy atom. The van der Waals surface area contributed by atoms with Crippen LogP contribution in [0.2, 0.25) is 0 Å². The van der Waals surface area contributed by atoms with E-state index in [1.807, 2.05) is 30.4 Å². The fraction of sp³-hybridized carbons (Fsp3) is 0.273. The molecule has 0 nitrogen and oxygen atoms in total. The molecule has 1 aromatic rings. The molecule has 0 spiro atoms. The summed E-state index contributed by atoms with van der Waals surface area (Å²) in [6, 6.07) is 4.50. The highest BCUT2D eigenvalue weighted by Gasteiger charge is 2.17. The fourth-order valence-corrected chi connectivity index (χ4v) is 3.03.